The average molecular weight is 335 g/mol. The molecule has 0 amide bonds. The number of allylic oxidation sites excluding steroid dienone is 7. The summed E-state index contributed by atoms with van der Waals surface area (Å²) in [6, 6.07) is 6.46. The maximum atomic E-state index is 13.0. The van der Waals surface area contributed by atoms with E-state index in [0.29, 0.717) is 6.42 Å². The van der Waals surface area contributed by atoms with Crippen LogP contribution in [0.3, 0.4) is 0 Å². The van der Waals surface area contributed by atoms with E-state index in [-0.39, 0.29) is 5.82 Å². The lowest BCUT2D eigenvalue weighted by atomic mass is 10.2. The van der Waals surface area contributed by atoms with E-state index >= 15 is 0 Å². The highest BCUT2D eigenvalue weighted by Gasteiger charge is 2.01. The molecule has 0 saturated heterocycles. The van der Waals surface area contributed by atoms with Gasteiger partial charge in [-0.2, -0.15) is 0 Å². The number of halogens is 1. The van der Waals surface area contributed by atoms with Gasteiger partial charge in [0.2, 0.25) is 0 Å². The second-order valence-electron chi connectivity index (χ2n) is 5.05. The van der Waals surface area contributed by atoms with Gasteiger partial charge in [-0.05, 0) is 37.6 Å². The Labute approximate surface area is 152 Å². The van der Waals surface area contributed by atoms with Crippen LogP contribution >= 0.6 is 0 Å². The average Bonchev–Trinajstić information content (AvgIpc) is 2.65. The van der Waals surface area contributed by atoms with Gasteiger partial charge >= 0.3 is 0 Å². The van der Waals surface area contributed by atoms with E-state index in [2.05, 4.69) is 44.3 Å². The molecule has 0 aromatic heterocycles. The number of rotatable bonds is 6. The number of hydrogen-bond acceptors (Lipinski definition) is 1. The van der Waals surface area contributed by atoms with Gasteiger partial charge in [-0.3, -0.25) is 0 Å². The number of hydrogen-bond donors (Lipinski definition) is 0. The first-order valence-corrected chi connectivity index (χ1v) is 8.05. The van der Waals surface area contributed by atoms with Gasteiger partial charge in [0.1, 0.15) is 5.82 Å². The summed E-state index contributed by atoms with van der Waals surface area (Å²) in [5, 5.41) is 0. The SMILES string of the molecule is C#C.C=C/C=C\C=C(\C#CC/C=C(/C)N(C)c1ccc(F)cc1)CC. The van der Waals surface area contributed by atoms with Gasteiger partial charge in [-0.1, -0.05) is 55.7 Å². The highest BCUT2D eigenvalue weighted by Crippen LogP contribution is 2.17. The molecule has 1 rings (SSSR count). The summed E-state index contributed by atoms with van der Waals surface area (Å²) in [6.07, 6.45) is 19.3. The molecular formula is C23H26FN. The molecule has 0 fully saturated rings. The molecule has 0 radical (unpaired) electrons. The summed E-state index contributed by atoms with van der Waals surface area (Å²) < 4.78 is 13.0. The zero-order valence-corrected chi connectivity index (χ0v) is 15.3. The Morgan fingerprint density at radius 3 is 2.44 bits per heavy atom. The second kappa shape index (κ2) is 13.5. The summed E-state index contributed by atoms with van der Waals surface area (Å²) in [6.45, 7) is 7.75. The monoisotopic (exact) mass is 335 g/mol. The fourth-order valence-corrected chi connectivity index (χ4v) is 1.87. The molecule has 0 atom stereocenters. The maximum Gasteiger partial charge on any atom is 0.123 e. The van der Waals surface area contributed by atoms with Gasteiger partial charge in [0, 0.05) is 30.4 Å². The molecule has 0 aliphatic rings. The molecule has 130 valence electrons. The minimum atomic E-state index is -0.223. The van der Waals surface area contributed by atoms with Gasteiger partial charge < -0.3 is 4.90 Å². The van der Waals surface area contributed by atoms with Crippen LogP contribution in [-0.4, -0.2) is 7.05 Å². The third-order valence-corrected chi connectivity index (χ3v) is 3.42. The molecule has 0 heterocycles. The van der Waals surface area contributed by atoms with Crippen LogP contribution in [0.5, 0.6) is 0 Å². The van der Waals surface area contributed by atoms with Gasteiger partial charge in [0.25, 0.3) is 0 Å². The standard InChI is InChI=1S/C21H24FN.C2H2/c1-5-7-8-12-19(6-2)13-10-9-11-18(3)23(4)21-16-14-20(22)15-17-21;1-2/h5,7-8,11-12,14-17H,1,6,9H2,2-4H3;1-2H/b8-7-,18-11-,19-12+;. The van der Waals surface area contributed by atoms with Gasteiger partial charge in [0.15, 0.2) is 0 Å². The minimum Gasteiger partial charge on any atom is -0.349 e. The Balaban J connectivity index is 0.00000277. The molecule has 0 aliphatic carbocycles. The molecule has 0 spiro atoms. The molecule has 0 saturated carbocycles. The first-order chi connectivity index (χ1) is 12.1. The van der Waals surface area contributed by atoms with Crippen molar-refractivity contribution in [2.24, 2.45) is 0 Å². The highest BCUT2D eigenvalue weighted by atomic mass is 19.1. The molecule has 0 bridgehead atoms. The molecule has 2 heteroatoms. The van der Waals surface area contributed by atoms with Crippen LogP contribution in [0, 0.1) is 30.5 Å². The summed E-state index contributed by atoms with van der Waals surface area (Å²) in [5.74, 6) is 6.13. The molecule has 0 N–H and O–H groups in total. The Morgan fingerprint density at radius 1 is 1.24 bits per heavy atom. The molecule has 0 unspecified atom stereocenters. The summed E-state index contributed by atoms with van der Waals surface area (Å²) in [5.41, 5.74) is 3.14. The van der Waals surface area contributed by atoms with Crippen LogP contribution in [0.2, 0.25) is 0 Å². The quantitative estimate of drug-likeness (QED) is 0.463. The van der Waals surface area contributed by atoms with Gasteiger partial charge in [-0.15, -0.1) is 12.8 Å². The van der Waals surface area contributed by atoms with Crippen molar-refractivity contribution < 1.29 is 4.39 Å². The van der Waals surface area contributed by atoms with Crippen molar-refractivity contribution in [1.29, 1.82) is 0 Å². The van der Waals surface area contributed by atoms with Gasteiger partial charge in [-0.25, -0.2) is 4.39 Å². The Morgan fingerprint density at radius 2 is 1.88 bits per heavy atom. The minimum absolute atomic E-state index is 0.223. The fraction of sp³-hybridized carbons (Fsp3) is 0.217. The normalized spacial score (nSPS) is 11.1. The lowest BCUT2D eigenvalue weighted by Gasteiger charge is -2.19. The summed E-state index contributed by atoms with van der Waals surface area (Å²) in [7, 11) is 1.96. The molecular weight excluding hydrogens is 309 g/mol. The van der Waals surface area contributed by atoms with Crippen LogP contribution in [0.1, 0.15) is 26.7 Å². The van der Waals surface area contributed by atoms with Crippen LogP contribution in [0.4, 0.5) is 10.1 Å². The Hall–Kier alpha value is -2.97. The van der Waals surface area contributed by atoms with Crippen molar-refractivity contribution in [3.63, 3.8) is 0 Å². The second-order valence-corrected chi connectivity index (χ2v) is 5.05. The first kappa shape index (κ1) is 22.0. The van der Waals surface area contributed by atoms with Crippen molar-refractivity contribution in [2.75, 3.05) is 11.9 Å². The van der Waals surface area contributed by atoms with E-state index in [1.807, 2.05) is 37.1 Å². The largest absolute Gasteiger partial charge is 0.349 e. The van der Waals surface area contributed by atoms with Crippen LogP contribution in [0.25, 0.3) is 0 Å². The Kier molecular flexibility index (Phi) is 11.9. The number of terminal acetylenes is 1. The van der Waals surface area contributed by atoms with Crippen LogP contribution < -0.4 is 4.90 Å². The number of nitrogens with zero attached hydrogens (tertiary/aromatic N) is 1. The third kappa shape index (κ3) is 9.04. The van der Waals surface area contributed by atoms with Crippen LogP contribution in [-0.2, 0) is 0 Å². The molecule has 1 aromatic carbocycles. The van der Waals surface area contributed by atoms with E-state index in [1.54, 1.807) is 18.2 Å². The summed E-state index contributed by atoms with van der Waals surface area (Å²) >= 11 is 0. The lowest BCUT2D eigenvalue weighted by molar-refractivity contribution is 0.628. The first-order valence-electron chi connectivity index (χ1n) is 8.05. The van der Waals surface area contributed by atoms with E-state index in [4.69, 9.17) is 0 Å². The van der Waals surface area contributed by atoms with Crippen molar-refractivity contribution in [1.82, 2.24) is 0 Å². The predicted octanol–water partition coefficient (Wildman–Crippen LogP) is 5.89. The van der Waals surface area contributed by atoms with Crippen molar-refractivity contribution in [3.8, 4) is 24.7 Å². The lowest BCUT2D eigenvalue weighted by Crippen LogP contribution is -2.13. The van der Waals surface area contributed by atoms with Crippen molar-refractivity contribution >= 4 is 5.69 Å². The van der Waals surface area contributed by atoms with Gasteiger partial charge in [0.05, 0.1) is 0 Å². The van der Waals surface area contributed by atoms with E-state index in [1.165, 1.54) is 12.1 Å². The molecule has 0 aliphatic heterocycles. The zero-order valence-electron chi connectivity index (χ0n) is 15.3. The highest BCUT2D eigenvalue weighted by molar-refractivity contribution is 5.50. The van der Waals surface area contributed by atoms with Crippen molar-refractivity contribution in [3.05, 3.63) is 78.3 Å². The predicted molar refractivity (Wildman–Crippen MR) is 109 cm³/mol. The van der Waals surface area contributed by atoms with Crippen LogP contribution in [0.15, 0.2) is 72.5 Å². The third-order valence-electron chi connectivity index (χ3n) is 3.42. The van der Waals surface area contributed by atoms with Crippen molar-refractivity contribution in [2.45, 2.75) is 26.7 Å². The van der Waals surface area contributed by atoms with E-state index in [0.717, 1.165) is 23.4 Å². The smallest absolute Gasteiger partial charge is 0.123 e. The molecule has 1 nitrogen and oxygen atoms in total. The Bertz CT molecular complexity index is 691. The molecule has 1 aromatic rings. The maximum absolute atomic E-state index is 13.0. The number of anilines is 1. The number of benzene rings is 1. The topological polar surface area (TPSA) is 3.24 Å². The fourth-order valence-electron chi connectivity index (χ4n) is 1.87. The van der Waals surface area contributed by atoms with E-state index in [9.17, 15) is 4.39 Å². The molecule has 25 heavy (non-hydrogen) atoms. The summed E-state index contributed by atoms with van der Waals surface area (Å²) in [4.78, 5) is 2.02. The van der Waals surface area contributed by atoms with E-state index < -0.39 is 0 Å². The zero-order chi connectivity index (χ0) is 19.1.